The summed E-state index contributed by atoms with van der Waals surface area (Å²) in [6.07, 6.45) is 82.0. The lowest BCUT2D eigenvalue weighted by Crippen LogP contribution is -2.28. The molecule has 0 aromatic heterocycles. The fourth-order valence-electron chi connectivity index (χ4n) is 7.67. The van der Waals surface area contributed by atoms with Crippen LogP contribution in [0.4, 0.5) is 0 Å². The summed E-state index contributed by atoms with van der Waals surface area (Å²) in [5.74, 6) is -0.592. The highest BCUT2D eigenvalue weighted by atomic mass is 16.6. The van der Waals surface area contributed by atoms with Gasteiger partial charge in [-0.1, -0.05) is 264 Å². The van der Waals surface area contributed by atoms with E-state index < -0.39 is 6.10 Å². The third-order valence-corrected chi connectivity index (χ3v) is 11.8. The predicted octanol–water partition coefficient (Wildman–Crippen LogP) is 18.9. The number of aliphatic hydroxyl groups is 1. The highest BCUT2D eigenvalue weighted by Crippen LogP contribution is 2.15. The van der Waals surface area contributed by atoms with Crippen LogP contribution in [0.25, 0.3) is 0 Å². The van der Waals surface area contributed by atoms with Gasteiger partial charge in [-0.2, -0.15) is 0 Å². The Morgan fingerprint density at radius 1 is 0.358 bits per heavy atom. The molecule has 0 bridgehead atoms. The normalized spacial score (nSPS) is 13.1. The first-order chi connectivity index (χ1) is 33.1. The van der Waals surface area contributed by atoms with Crippen LogP contribution in [0.15, 0.2) is 109 Å². The third-order valence-electron chi connectivity index (χ3n) is 11.8. The number of esters is 2. The van der Waals surface area contributed by atoms with E-state index in [2.05, 4.69) is 123 Å². The zero-order chi connectivity index (χ0) is 48.5. The Hall–Kier alpha value is -3.44. The van der Waals surface area contributed by atoms with Crippen LogP contribution < -0.4 is 0 Å². The quantitative estimate of drug-likeness (QED) is 0.0374. The molecule has 1 unspecified atom stereocenters. The monoisotopic (exact) mass is 929 g/mol. The van der Waals surface area contributed by atoms with Crippen molar-refractivity contribution in [3.8, 4) is 0 Å². The van der Waals surface area contributed by atoms with E-state index in [-0.39, 0.29) is 25.2 Å². The van der Waals surface area contributed by atoms with E-state index in [1.165, 1.54) is 128 Å². The number of allylic oxidation sites excluding steroid dienone is 18. The van der Waals surface area contributed by atoms with Crippen LogP contribution in [-0.2, 0) is 19.1 Å². The molecule has 0 heterocycles. The van der Waals surface area contributed by atoms with Gasteiger partial charge in [-0.05, 0) is 83.5 Å². The van der Waals surface area contributed by atoms with Crippen molar-refractivity contribution < 1.29 is 24.2 Å². The smallest absolute Gasteiger partial charge is 0.306 e. The van der Waals surface area contributed by atoms with Crippen molar-refractivity contribution in [2.45, 2.75) is 258 Å². The summed E-state index contributed by atoms with van der Waals surface area (Å²) in [4.78, 5) is 24.4. The van der Waals surface area contributed by atoms with Gasteiger partial charge in [0.15, 0.2) is 6.10 Å². The molecule has 5 nitrogen and oxygen atoms in total. The SMILES string of the molecule is CC/C=C\C/C=C\C/C=C\C/C=C\C/C=C\C/C=C\C/C=C\C/C=C\C/C=C\CCCCCCCCCCCCCC(=O)OC(CO)COC(=O)CCCCCCCCCCCCCCCC. The summed E-state index contributed by atoms with van der Waals surface area (Å²) in [7, 11) is 0. The summed E-state index contributed by atoms with van der Waals surface area (Å²) in [6, 6.07) is 0. The lowest BCUT2D eigenvalue weighted by Gasteiger charge is -2.15. The number of carbonyl (C=O) groups is 2. The van der Waals surface area contributed by atoms with E-state index in [4.69, 9.17) is 9.47 Å². The summed E-state index contributed by atoms with van der Waals surface area (Å²) in [6.45, 7) is 4.03. The van der Waals surface area contributed by atoms with Gasteiger partial charge in [0.2, 0.25) is 0 Å². The second-order valence-electron chi connectivity index (χ2n) is 18.3. The predicted molar refractivity (Wildman–Crippen MR) is 292 cm³/mol. The Morgan fingerprint density at radius 2 is 0.642 bits per heavy atom. The Morgan fingerprint density at radius 3 is 0.970 bits per heavy atom. The van der Waals surface area contributed by atoms with Crippen molar-refractivity contribution in [2.75, 3.05) is 13.2 Å². The van der Waals surface area contributed by atoms with Crippen LogP contribution >= 0.6 is 0 Å². The zero-order valence-electron chi connectivity index (χ0n) is 43.6. The largest absolute Gasteiger partial charge is 0.462 e. The van der Waals surface area contributed by atoms with E-state index in [0.29, 0.717) is 12.8 Å². The minimum absolute atomic E-state index is 0.0681. The van der Waals surface area contributed by atoms with Gasteiger partial charge in [-0.15, -0.1) is 0 Å². The average Bonchev–Trinajstić information content (AvgIpc) is 3.33. The molecule has 0 aliphatic rings. The highest BCUT2D eigenvalue weighted by molar-refractivity contribution is 5.70. The number of aliphatic hydroxyl groups excluding tert-OH is 1. The van der Waals surface area contributed by atoms with Gasteiger partial charge in [0.25, 0.3) is 0 Å². The van der Waals surface area contributed by atoms with Crippen molar-refractivity contribution >= 4 is 11.9 Å². The maximum absolute atomic E-state index is 12.3. The van der Waals surface area contributed by atoms with Gasteiger partial charge in [-0.3, -0.25) is 9.59 Å². The molecule has 382 valence electrons. The van der Waals surface area contributed by atoms with Gasteiger partial charge in [0.05, 0.1) is 6.61 Å². The standard InChI is InChI=1S/C62H104O5/c1-3-5-7-9-11-13-15-17-19-20-21-22-23-24-25-26-27-28-29-30-31-32-33-34-35-36-37-38-39-40-41-42-43-45-47-49-51-53-55-57-62(65)67-60(58-63)59-66-61(64)56-54-52-50-48-46-44-18-16-14-12-10-8-6-4-2/h5,7,11,13,17,19,21-22,24-25,27-28,30-31,33-34,36-37,60,63H,3-4,6,8-10,12,14-16,18,20,23,26,29,32,35,38-59H2,1-2H3/b7-5-,13-11-,19-17-,22-21-,25-24-,28-27-,31-30-,34-33-,37-36-. The molecule has 0 aromatic rings. The fourth-order valence-corrected chi connectivity index (χ4v) is 7.67. The third kappa shape index (κ3) is 55.0. The molecule has 0 radical (unpaired) electrons. The number of hydrogen-bond donors (Lipinski definition) is 1. The molecule has 0 amide bonds. The molecule has 0 rings (SSSR count). The van der Waals surface area contributed by atoms with Gasteiger partial charge in [0, 0.05) is 12.8 Å². The Kier molecular flexibility index (Phi) is 54.0. The van der Waals surface area contributed by atoms with Crippen LogP contribution in [0, 0.1) is 0 Å². The summed E-state index contributed by atoms with van der Waals surface area (Å²) in [5, 5.41) is 9.62. The van der Waals surface area contributed by atoms with Crippen molar-refractivity contribution in [3.63, 3.8) is 0 Å². The average molecular weight is 930 g/mol. The lowest BCUT2D eigenvalue weighted by atomic mass is 10.0. The molecule has 0 saturated carbocycles. The molecular formula is C62H104O5. The fraction of sp³-hybridized carbons (Fsp3) is 0.677. The number of carbonyl (C=O) groups excluding carboxylic acids is 2. The van der Waals surface area contributed by atoms with Crippen molar-refractivity contribution in [1.82, 2.24) is 0 Å². The molecule has 1 N–H and O–H groups in total. The van der Waals surface area contributed by atoms with Crippen LogP contribution in [-0.4, -0.2) is 36.4 Å². The number of unbranched alkanes of at least 4 members (excludes halogenated alkanes) is 24. The minimum atomic E-state index is -0.776. The van der Waals surface area contributed by atoms with Crippen molar-refractivity contribution in [2.24, 2.45) is 0 Å². The minimum Gasteiger partial charge on any atom is -0.462 e. The zero-order valence-corrected chi connectivity index (χ0v) is 43.6. The van der Waals surface area contributed by atoms with Crippen LogP contribution in [0.1, 0.15) is 251 Å². The lowest BCUT2D eigenvalue weighted by molar-refractivity contribution is -0.161. The number of hydrogen-bond acceptors (Lipinski definition) is 5. The highest BCUT2D eigenvalue weighted by Gasteiger charge is 2.16. The van der Waals surface area contributed by atoms with Crippen LogP contribution in [0.5, 0.6) is 0 Å². The molecule has 0 saturated heterocycles. The van der Waals surface area contributed by atoms with E-state index in [1.54, 1.807) is 0 Å². The number of ether oxygens (including phenoxy) is 2. The maximum atomic E-state index is 12.3. The summed E-state index contributed by atoms with van der Waals surface area (Å²) < 4.78 is 10.7. The van der Waals surface area contributed by atoms with Gasteiger partial charge in [-0.25, -0.2) is 0 Å². The molecule has 0 aliphatic heterocycles. The van der Waals surface area contributed by atoms with Crippen LogP contribution in [0.2, 0.25) is 0 Å². The first kappa shape index (κ1) is 63.6. The Balaban J connectivity index is 3.55. The first-order valence-electron chi connectivity index (χ1n) is 27.9. The van der Waals surface area contributed by atoms with Crippen molar-refractivity contribution in [1.29, 1.82) is 0 Å². The van der Waals surface area contributed by atoms with Gasteiger partial charge < -0.3 is 14.6 Å². The molecular weight excluding hydrogens is 825 g/mol. The van der Waals surface area contributed by atoms with E-state index >= 15 is 0 Å². The van der Waals surface area contributed by atoms with E-state index in [0.717, 1.165) is 96.3 Å². The van der Waals surface area contributed by atoms with Crippen LogP contribution in [0.3, 0.4) is 0 Å². The first-order valence-corrected chi connectivity index (χ1v) is 27.9. The maximum Gasteiger partial charge on any atom is 0.306 e. The van der Waals surface area contributed by atoms with Gasteiger partial charge in [0.1, 0.15) is 6.61 Å². The Labute approximate surface area is 414 Å². The molecule has 67 heavy (non-hydrogen) atoms. The molecule has 0 spiro atoms. The second kappa shape index (κ2) is 56.9. The number of rotatable bonds is 50. The molecule has 0 fully saturated rings. The second-order valence-corrected chi connectivity index (χ2v) is 18.3. The van der Waals surface area contributed by atoms with Gasteiger partial charge >= 0.3 is 11.9 Å². The molecule has 5 heteroatoms. The van der Waals surface area contributed by atoms with Crippen molar-refractivity contribution in [3.05, 3.63) is 109 Å². The summed E-state index contributed by atoms with van der Waals surface area (Å²) in [5.41, 5.74) is 0. The van der Waals surface area contributed by atoms with E-state index in [1.807, 2.05) is 0 Å². The molecule has 1 atom stereocenters. The topological polar surface area (TPSA) is 72.8 Å². The summed E-state index contributed by atoms with van der Waals surface area (Å²) >= 11 is 0. The van der Waals surface area contributed by atoms with E-state index in [9.17, 15) is 14.7 Å². The molecule has 0 aromatic carbocycles. The Bertz CT molecular complexity index is 1330. The molecule has 0 aliphatic carbocycles.